The van der Waals surface area contributed by atoms with E-state index in [2.05, 4.69) is 5.32 Å². The molecule has 1 heterocycles. The van der Waals surface area contributed by atoms with Crippen LogP contribution in [0, 0.1) is 5.92 Å². The van der Waals surface area contributed by atoms with Crippen LogP contribution in [0.2, 0.25) is 0 Å². The molecule has 0 aliphatic carbocycles. The number of nitrogens with zero attached hydrogens (tertiary/aromatic N) is 1. The number of ether oxygens (including phenoxy) is 3. The van der Waals surface area contributed by atoms with Crippen molar-refractivity contribution in [2.75, 3.05) is 26.8 Å². The van der Waals surface area contributed by atoms with Gasteiger partial charge in [0.2, 0.25) is 0 Å². The van der Waals surface area contributed by atoms with Crippen LogP contribution in [-0.4, -0.2) is 55.5 Å². The van der Waals surface area contributed by atoms with Gasteiger partial charge >= 0.3 is 12.2 Å². The molecule has 1 aromatic rings. The molecule has 1 aromatic carbocycles. The first-order valence-corrected chi connectivity index (χ1v) is 10.2. The first-order valence-electron chi connectivity index (χ1n) is 10.2. The summed E-state index contributed by atoms with van der Waals surface area (Å²) >= 11 is 0. The summed E-state index contributed by atoms with van der Waals surface area (Å²) in [6, 6.07) is 9.30. The van der Waals surface area contributed by atoms with Gasteiger partial charge in [-0.15, -0.1) is 0 Å². The molecule has 0 aromatic heterocycles. The van der Waals surface area contributed by atoms with Crippen LogP contribution < -0.4 is 5.32 Å². The molecule has 2 atom stereocenters. The number of alkyl carbamates (subject to hydrolysis) is 1. The Morgan fingerprint density at radius 1 is 1.28 bits per heavy atom. The largest absolute Gasteiger partial charge is 0.445 e. The van der Waals surface area contributed by atoms with Crippen molar-refractivity contribution in [3.05, 3.63) is 35.9 Å². The maximum absolute atomic E-state index is 12.5. The Labute approximate surface area is 173 Å². The van der Waals surface area contributed by atoms with Gasteiger partial charge in [0.05, 0.1) is 6.04 Å². The minimum Gasteiger partial charge on any atom is -0.445 e. The quantitative estimate of drug-likeness (QED) is 0.741. The number of amides is 2. The number of benzene rings is 1. The van der Waals surface area contributed by atoms with Crippen molar-refractivity contribution in [1.82, 2.24) is 10.2 Å². The summed E-state index contributed by atoms with van der Waals surface area (Å²) in [5, 5.41) is 2.79. The van der Waals surface area contributed by atoms with Crippen LogP contribution in [0.15, 0.2) is 30.3 Å². The Bertz CT molecular complexity index is 638. The lowest BCUT2D eigenvalue weighted by Gasteiger charge is -2.34. The van der Waals surface area contributed by atoms with Gasteiger partial charge in [-0.2, -0.15) is 0 Å². The van der Waals surface area contributed by atoms with Crippen LogP contribution >= 0.6 is 0 Å². The van der Waals surface area contributed by atoms with E-state index in [1.807, 2.05) is 51.1 Å². The monoisotopic (exact) mass is 406 g/mol. The minimum atomic E-state index is -0.577. The molecule has 29 heavy (non-hydrogen) atoms. The van der Waals surface area contributed by atoms with Crippen molar-refractivity contribution >= 4 is 12.2 Å². The minimum absolute atomic E-state index is 0.204. The maximum Gasteiger partial charge on any atom is 0.410 e. The van der Waals surface area contributed by atoms with Crippen LogP contribution in [0.5, 0.6) is 0 Å². The molecule has 0 spiro atoms. The highest BCUT2D eigenvalue weighted by Crippen LogP contribution is 2.22. The van der Waals surface area contributed by atoms with Crippen molar-refractivity contribution in [2.24, 2.45) is 5.92 Å². The summed E-state index contributed by atoms with van der Waals surface area (Å²) in [4.78, 5) is 26.2. The first-order chi connectivity index (χ1) is 13.7. The molecule has 0 saturated carbocycles. The van der Waals surface area contributed by atoms with Crippen molar-refractivity contribution < 1.29 is 23.8 Å². The summed E-state index contributed by atoms with van der Waals surface area (Å²) in [5.74, 6) is 0.348. The van der Waals surface area contributed by atoms with Crippen LogP contribution in [0.3, 0.4) is 0 Å². The summed E-state index contributed by atoms with van der Waals surface area (Å²) in [5.41, 5.74) is 0.343. The number of likely N-dealkylation sites (N-methyl/N-ethyl adjacent to an activating group) is 1. The number of hydrogen-bond acceptors (Lipinski definition) is 5. The summed E-state index contributed by atoms with van der Waals surface area (Å²) in [6.07, 6.45) is 1.89. The molecule has 2 amide bonds. The summed E-state index contributed by atoms with van der Waals surface area (Å²) in [6.45, 7) is 7.46. The third-order valence-electron chi connectivity index (χ3n) is 4.78. The molecule has 162 valence electrons. The van der Waals surface area contributed by atoms with E-state index in [-0.39, 0.29) is 12.6 Å². The summed E-state index contributed by atoms with van der Waals surface area (Å²) < 4.78 is 16.3. The third-order valence-corrected chi connectivity index (χ3v) is 4.78. The van der Waals surface area contributed by atoms with E-state index in [9.17, 15) is 9.59 Å². The van der Waals surface area contributed by atoms with Crippen molar-refractivity contribution in [3.8, 4) is 0 Å². The van der Waals surface area contributed by atoms with Gasteiger partial charge in [-0.1, -0.05) is 30.3 Å². The van der Waals surface area contributed by atoms with Gasteiger partial charge in [-0.25, -0.2) is 9.59 Å². The molecule has 1 aliphatic heterocycles. The molecule has 1 fully saturated rings. The maximum atomic E-state index is 12.5. The van der Waals surface area contributed by atoms with E-state index in [4.69, 9.17) is 14.2 Å². The molecule has 2 rings (SSSR count). The zero-order valence-electron chi connectivity index (χ0n) is 18.0. The SMILES string of the molecule is CN(C(=O)OC(C)(C)C)[C@H](CNC(=O)OCc1ccccc1)C[C@@H]1CCCOC1. The lowest BCUT2D eigenvalue weighted by atomic mass is 9.94. The van der Waals surface area contributed by atoms with Gasteiger partial charge in [0, 0.05) is 26.8 Å². The lowest BCUT2D eigenvalue weighted by molar-refractivity contribution is 0.0111. The molecule has 1 aliphatic rings. The second kappa shape index (κ2) is 11.0. The van der Waals surface area contributed by atoms with E-state index < -0.39 is 17.8 Å². The molecule has 0 radical (unpaired) electrons. The first kappa shape index (κ1) is 23.0. The lowest BCUT2D eigenvalue weighted by Crippen LogP contribution is -2.48. The molecule has 0 unspecified atom stereocenters. The Morgan fingerprint density at radius 3 is 2.62 bits per heavy atom. The van der Waals surface area contributed by atoms with Crippen molar-refractivity contribution in [2.45, 2.75) is 58.3 Å². The highest BCUT2D eigenvalue weighted by molar-refractivity contribution is 5.69. The van der Waals surface area contributed by atoms with Gasteiger partial charge in [-0.05, 0) is 51.5 Å². The Kier molecular flexibility index (Phi) is 8.76. The third kappa shape index (κ3) is 8.73. The fourth-order valence-electron chi connectivity index (χ4n) is 3.21. The number of rotatable bonds is 7. The highest BCUT2D eigenvalue weighted by atomic mass is 16.6. The van der Waals surface area contributed by atoms with Gasteiger partial charge in [-0.3, -0.25) is 0 Å². The van der Waals surface area contributed by atoms with Gasteiger partial charge < -0.3 is 24.4 Å². The second-order valence-electron chi connectivity index (χ2n) is 8.51. The number of carbonyl (C=O) groups is 2. The highest BCUT2D eigenvalue weighted by Gasteiger charge is 2.28. The van der Waals surface area contributed by atoms with E-state index in [1.165, 1.54) is 0 Å². The molecular weight excluding hydrogens is 372 g/mol. The normalized spacial score (nSPS) is 17.9. The van der Waals surface area contributed by atoms with E-state index in [1.54, 1.807) is 11.9 Å². The summed E-state index contributed by atoms with van der Waals surface area (Å²) in [7, 11) is 1.71. The molecule has 7 heteroatoms. The second-order valence-corrected chi connectivity index (χ2v) is 8.51. The number of nitrogens with one attached hydrogen (secondary N) is 1. The van der Waals surface area contributed by atoms with Crippen LogP contribution in [-0.2, 0) is 20.8 Å². The molecule has 7 nitrogen and oxygen atoms in total. The van der Waals surface area contributed by atoms with E-state index >= 15 is 0 Å². The van der Waals surface area contributed by atoms with Gasteiger partial charge in [0.1, 0.15) is 12.2 Å². The fraction of sp³-hybridized carbons (Fsp3) is 0.636. The standard InChI is InChI=1S/C22H34N2O5/c1-22(2,3)29-21(26)24(4)19(13-18-11-8-12-27-15-18)14-23-20(25)28-16-17-9-6-5-7-10-17/h5-7,9-10,18-19H,8,11-16H2,1-4H3,(H,23,25)/t18-,19-/m0/s1. The molecule has 1 saturated heterocycles. The molecule has 0 bridgehead atoms. The Morgan fingerprint density at radius 2 is 2.00 bits per heavy atom. The zero-order valence-corrected chi connectivity index (χ0v) is 18.0. The van der Waals surface area contributed by atoms with Crippen molar-refractivity contribution in [1.29, 1.82) is 0 Å². The zero-order chi connectivity index (χ0) is 21.3. The van der Waals surface area contributed by atoms with Crippen molar-refractivity contribution in [3.63, 3.8) is 0 Å². The molecular formula is C22H34N2O5. The van der Waals surface area contributed by atoms with E-state index in [0.717, 1.165) is 31.4 Å². The van der Waals surface area contributed by atoms with E-state index in [0.29, 0.717) is 19.1 Å². The van der Waals surface area contributed by atoms with Gasteiger partial charge in [0.25, 0.3) is 0 Å². The average molecular weight is 407 g/mol. The van der Waals surface area contributed by atoms with Crippen LogP contribution in [0.1, 0.15) is 45.6 Å². The predicted molar refractivity (Wildman–Crippen MR) is 111 cm³/mol. The van der Waals surface area contributed by atoms with Crippen LogP contribution in [0.25, 0.3) is 0 Å². The topological polar surface area (TPSA) is 77.1 Å². The Balaban J connectivity index is 1.90. The number of hydrogen-bond donors (Lipinski definition) is 1. The van der Waals surface area contributed by atoms with Gasteiger partial charge in [0.15, 0.2) is 0 Å². The molecule has 1 N–H and O–H groups in total. The predicted octanol–water partition coefficient (Wildman–Crippen LogP) is 3.97. The van der Waals surface area contributed by atoms with Crippen LogP contribution in [0.4, 0.5) is 9.59 Å². The average Bonchev–Trinajstić information content (AvgIpc) is 2.69. The Hall–Kier alpha value is -2.28. The number of carbonyl (C=O) groups excluding carboxylic acids is 2. The smallest absolute Gasteiger partial charge is 0.410 e. The fourth-order valence-corrected chi connectivity index (χ4v) is 3.21.